The van der Waals surface area contributed by atoms with Gasteiger partial charge in [-0.25, -0.2) is 4.79 Å². The predicted molar refractivity (Wildman–Crippen MR) is 74.0 cm³/mol. The summed E-state index contributed by atoms with van der Waals surface area (Å²) in [6.45, 7) is 3.22. The Morgan fingerprint density at radius 3 is 2.37 bits per heavy atom. The molecule has 0 spiro atoms. The van der Waals surface area contributed by atoms with Crippen LogP contribution in [0.3, 0.4) is 0 Å². The number of esters is 1. The van der Waals surface area contributed by atoms with E-state index in [1.54, 1.807) is 26.0 Å². The zero-order valence-corrected chi connectivity index (χ0v) is 12.1. The third kappa shape index (κ3) is 4.91. The summed E-state index contributed by atoms with van der Waals surface area (Å²) in [5.74, 6) is -0.655. The van der Waals surface area contributed by atoms with Crippen molar-refractivity contribution in [1.82, 2.24) is 5.32 Å². The van der Waals surface area contributed by atoms with Crippen LogP contribution in [0, 0.1) is 0 Å². The van der Waals surface area contributed by atoms with Gasteiger partial charge in [0.15, 0.2) is 0 Å². The number of nitrogens with one attached hydrogen (secondary N) is 1. The Morgan fingerprint density at radius 2 is 1.84 bits per heavy atom. The Morgan fingerprint density at radius 1 is 1.26 bits per heavy atom. The molecule has 0 aliphatic rings. The molecule has 1 N–H and O–H groups in total. The molecule has 0 heterocycles. The summed E-state index contributed by atoms with van der Waals surface area (Å²) in [6, 6.07) is 7.32. The third-order valence-electron chi connectivity index (χ3n) is 2.70. The molecule has 0 atom stereocenters. The maximum atomic E-state index is 11.8. The van der Waals surface area contributed by atoms with Crippen LogP contribution in [-0.2, 0) is 20.7 Å². The van der Waals surface area contributed by atoms with Crippen LogP contribution in [0.5, 0.6) is 0 Å². The maximum absolute atomic E-state index is 11.8. The lowest BCUT2D eigenvalue weighted by atomic mass is 10.0. The highest BCUT2D eigenvalue weighted by atomic mass is 35.5. The number of ether oxygens (including phenoxy) is 1. The molecule has 1 aromatic rings. The average Bonchev–Trinajstić information content (AvgIpc) is 2.36. The van der Waals surface area contributed by atoms with Gasteiger partial charge in [0.25, 0.3) is 0 Å². The number of hydrogen-bond acceptors (Lipinski definition) is 3. The van der Waals surface area contributed by atoms with E-state index in [-0.39, 0.29) is 5.91 Å². The second-order valence-electron chi connectivity index (χ2n) is 4.79. The van der Waals surface area contributed by atoms with E-state index in [9.17, 15) is 9.59 Å². The van der Waals surface area contributed by atoms with Crippen LogP contribution in [0.2, 0.25) is 5.02 Å². The molecule has 0 aliphatic heterocycles. The molecule has 0 saturated carbocycles. The average molecular weight is 284 g/mol. The number of rotatable bonds is 5. The first kappa shape index (κ1) is 15.5. The van der Waals surface area contributed by atoms with Gasteiger partial charge < -0.3 is 10.1 Å². The van der Waals surface area contributed by atoms with Gasteiger partial charge in [-0.1, -0.05) is 23.7 Å². The fraction of sp³-hybridized carbons (Fsp3) is 0.429. The first-order chi connectivity index (χ1) is 8.85. The second-order valence-corrected chi connectivity index (χ2v) is 5.23. The number of halogens is 1. The zero-order valence-electron chi connectivity index (χ0n) is 11.3. The summed E-state index contributed by atoms with van der Waals surface area (Å²) >= 11 is 5.78. The van der Waals surface area contributed by atoms with E-state index in [0.717, 1.165) is 5.56 Å². The predicted octanol–water partition coefficient (Wildman–Crippen LogP) is 2.34. The zero-order chi connectivity index (χ0) is 14.5. The SMILES string of the molecule is COC(=O)C(C)(C)NC(=O)CCc1ccc(Cl)cc1. The van der Waals surface area contributed by atoms with E-state index in [0.29, 0.717) is 17.9 Å². The van der Waals surface area contributed by atoms with Crippen LogP contribution in [-0.4, -0.2) is 24.5 Å². The Balaban J connectivity index is 2.48. The fourth-order valence-electron chi connectivity index (χ4n) is 1.63. The van der Waals surface area contributed by atoms with Gasteiger partial charge in [-0.2, -0.15) is 0 Å². The number of methoxy groups -OCH3 is 1. The van der Waals surface area contributed by atoms with Crippen molar-refractivity contribution in [2.24, 2.45) is 0 Å². The minimum absolute atomic E-state index is 0.189. The molecular weight excluding hydrogens is 266 g/mol. The van der Waals surface area contributed by atoms with Crippen molar-refractivity contribution in [3.8, 4) is 0 Å². The van der Waals surface area contributed by atoms with Crippen molar-refractivity contribution in [3.63, 3.8) is 0 Å². The Hall–Kier alpha value is -1.55. The molecule has 0 aromatic heterocycles. The molecular formula is C14H18ClNO3. The monoisotopic (exact) mass is 283 g/mol. The molecule has 1 rings (SSSR count). The van der Waals surface area contributed by atoms with Crippen LogP contribution >= 0.6 is 11.6 Å². The van der Waals surface area contributed by atoms with Gasteiger partial charge in [-0.15, -0.1) is 0 Å². The topological polar surface area (TPSA) is 55.4 Å². The molecule has 4 nitrogen and oxygen atoms in total. The van der Waals surface area contributed by atoms with Gasteiger partial charge in [0.1, 0.15) is 5.54 Å². The summed E-state index contributed by atoms with van der Waals surface area (Å²) in [6.07, 6.45) is 0.905. The lowest BCUT2D eigenvalue weighted by Crippen LogP contribution is -2.50. The van der Waals surface area contributed by atoms with Crippen molar-refractivity contribution in [2.75, 3.05) is 7.11 Å². The summed E-state index contributed by atoms with van der Waals surface area (Å²) in [4.78, 5) is 23.2. The quantitative estimate of drug-likeness (QED) is 0.844. The van der Waals surface area contributed by atoms with E-state index in [1.807, 2.05) is 12.1 Å². The number of benzene rings is 1. The minimum Gasteiger partial charge on any atom is -0.467 e. The number of hydrogen-bond donors (Lipinski definition) is 1. The van der Waals surface area contributed by atoms with E-state index in [1.165, 1.54) is 7.11 Å². The molecule has 0 bridgehead atoms. The summed E-state index contributed by atoms with van der Waals surface area (Å²) in [7, 11) is 1.30. The highest BCUT2D eigenvalue weighted by Crippen LogP contribution is 2.11. The van der Waals surface area contributed by atoms with E-state index >= 15 is 0 Å². The first-order valence-corrected chi connectivity index (χ1v) is 6.37. The van der Waals surface area contributed by atoms with Crippen LogP contribution in [0.1, 0.15) is 25.8 Å². The van der Waals surface area contributed by atoms with E-state index in [2.05, 4.69) is 10.1 Å². The molecule has 1 aromatic carbocycles. The van der Waals surface area contributed by atoms with Crippen molar-refractivity contribution in [2.45, 2.75) is 32.2 Å². The minimum atomic E-state index is -1.01. The fourth-order valence-corrected chi connectivity index (χ4v) is 1.75. The van der Waals surface area contributed by atoms with Crippen molar-refractivity contribution >= 4 is 23.5 Å². The van der Waals surface area contributed by atoms with Gasteiger partial charge in [0.2, 0.25) is 5.91 Å². The largest absolute Gasteiger partial charge is 0.467 e. The smallest absolute Gasteiger partial charge is 0.330 e. The molecule has 19 heavy (non-hydrogen) atoms. The number of carbonyl (C=O) groups is 2. The molecule has 5 heteroatoms. The molecule has 104 valence electrons. The highest BCUT2D eigenvalue weighted by molar-refractivity contribution is 6.30. The maximum Gasteiger partial charge on any atom is 0.330 e. The molecule has 0 radical (unpaired) electrons. The summed E-state index contributed by atoms with van der Waals surface area (Å²) in [5, 5.41) is 3.32. The highest BCUT2D eigenvalue weighted by Gasteiger charge is 2.30. The lowest BCUT2D eigenvalue weighted by molar-refractivity contribution is -0.149. The number of carbonyl (C=O) groups excluding carboxylic acids is 2. The van der Waals surface area contributed by atoms with Gasteiger partial charge in [-0.3, -0.25) is 4.79 Å². The second kappa shape index (κ2) is 6.57. The van der Waals surface area contributed by atoms with Crippen molar-refractivity contribution < 1.29 is 14.3 Å². The lowest BCUT2D eigenvalue weighted by Gasteiger charge is -2.23. The van der Waals surface area contributed by atoms with E-state index in [4.69, 9.17) is 11.6 Å². The first-order valence-electron chi connectivity index (χ1n) is 5.99. The standard InChI is InChI=1S/C14H18ClNO3/c1-14(2,13(18)19-3)16-12(17)9-6-10-4-7-11(15)8-5-10/h4-5,7-8H,6,9H2,1-3H3,(H,16,17). The van der Waals surface area contributed by atoms with Gasteiger partial charge in [-0.05, 0) is 38.0 Å². The normalized spacial score (nSPS) is 10.9. The molecule has 0 saturated heterocycles. The van der Waals surface area contributed by atoms with Crippen LogP contribution in [0.25, 0.3) is 0 Å². The summed E-state index contributed by atoms with van der Waals surface area (Å²) < 4.78 is 4.62. The molecule has 1 amide bonds. The number of amides is 1. The third-order valence-corrected chi connectivity index (χ3v) is 2.95. The van der Waals surface area contributed by atoms with Crippen LogP contribution in [0.15, 0.2) is 24.3 Å². The molecule has 0 fully saturated rings. The van der Waals surface area contributed by atoms with Gasteiger partial charge >= 0.3 is 5.97 Å². The van der Waals surface area contributed by atoms with Crippen molar-refractivity contribution in [1.29, 1.82) is 0 Å². The summed E-state index contributed by atoms with van der Waals surface area (Å²) in [5.41, 5.74) is 0.0154. The van der Waals surface area contributed by atoms with E-state index < -0.39 is 11.5 Å². The van der Waals surface area contributed by atoms with Crippen molar-refractivity contribution in [3.05, 3.63) is 34.9 Å². The van der Waals surface area contributed by atoms with Gasteiger partial charge in [0.05, 0.1) is 7.11 Å². The van der Waals surface area contributed by atoms with Crippen LogP contribution < -0.4 is 5.32 Å². The Bertz CT molecular complexity index is 454. The number of aryl methyl sites for hydroxylation is 1. The Kier molecular flexibility index (Phi) is 5.36. The molecule has 0 unspecified atom stereocenters. The van der Waals surface area contributed by atoms with Crippen LogP contribution in [0.4, 0.5) is 0 Å². The molecule has 0 aliphatic carbocycles. The van der Waals surface area contributed by atoms with Gasteiger partial charge in [0, 0.05) is 11.4 Å². The Labute approximate surface area is 118 Å².